The second-order valence-electron chi connectivity index (χ2n) is 6.90. The molecule has 0 aromatic heterocycles. The molecule has 1 aliphatic heterocycles. The minimum Gasteiger partial charge on any atom is -0.366 e. The minimum atomic E-state index is -1.25. The monoisotopic (exact) mass is 337 g/mol. The van der Waals surface area contributed by atoms with Gasteiger partial charge in [-0.2, -0.15) is 0 Å². The maximum atomic E-state index is 12.9. The van der Waals surface area contributed by atoms with Gasteiger partial charge in [0, 0.05) is 24.1 Å². The van der Waals surface area contributed by atoms with Gasteiger partial charge in [-0.15, -0.1) is 0 Å². The van der Waals surface area contributed by atoms with E-state index in [0.29, 0.717) is 18.5 Å². The fraction of sp³-hybridized carbons (Fsp3) is 0.409. The number of amides is 1. The van der Waals surface area contributed by atoms with E-state index >= 15 is 0 Å². The average molecular weight is 337 g/mol. The van der Waals surface area contributed by atoms with Crippen LogP contribution in [0.5, 0.6) is 0 Å². The van der Waals surface area contributed by atoms with Crippen molar-refractivity contribution in [3.63, 3.8) is 0 Å². The molecule has 1 N–H and O–H groups in total. The first kappa shape index (κ1) is 17.7. The van der Waals surface area contributed by atoms with Gasteiger partial charge in [0.05, 0.1) is 0 Å². The van der Waals surface area contributed by atoms with Crippen LogP contribution in [0, 0.1) is 0 Å². The van der Waals surface area contributed by atoms with Gasteiger partial charge in [0.25, 0.3) is 5.91 Å². The first-order chi connectivity index (χ1) is 12.2. The summed E-state index contributed by atoms with van der Waals surface area (Å²) in [5, 5.41) is 11.5. The zero-order chi connectivity index (χ0) is 17.7. The number of nitrogens with zero attached hydrogens (tertiary/aromatic N) is 1. The molecular weight excluding hydrogens is 310 g/mol. The van der Waals surface area contributed by atoms with E-state index in [9.17, 15) is 9.90 Å². The number of unbranched alkanes of at least 4 members (excludes halogenated alkanes) is 4. The Morgan fingerprint density at radius 3 is 2.36 bits per heavy atom. The smallest absolute Gasteiger partial charge is 0.256 e. The van der Waals surface area contributed by atoms with Crippen LogP contribution in [0.4, 0.5) is 0 Å². The molecule has 0 fully saturated rings. The fourth-order valence-electron chi connectivity index (χ4n) is 3.71. The Morgan fingerprint density at radius 2 is 1.60 bits per heavy atom. The molecule has 3 heteroatoms. The highest BCUT2D eigenvalue weighted by molar-refractivity contribution is 5.99. The Labute approximate surface area is 150 Å². The van der Waals surface area contributed by atoms with E-state index in [4.69, 9.17) is 0 Å². The molecule has 25 heavy (non-hydrogen) atoms. The van der Waals surface area contributed by atoms with E-state index in [1.165, 1.54) is 19.3 Å². The molecule has 1 aliphatic rings. The molecule has 0 saturated carbocycles. The predicted octanol–water partition coefficient (Wildman–Crippen LogP) is 4.50. The molecular formula is C22H27NO2. The Kier molecular flexibility index (Phi) is 5.54. The first-order valence-corrected chi connectivity index (χ1v) is 9.34. The molecule has 0 aliphatic carbocycles. The molecule has 1 unspecified atom stereocenters. The molecule has 132 valence electrons. The first-order valence-electron chi connectivity index (χ1n) is 9.34. The van der Waals surface area contributed by atoms with Gasteiger partial charge < -0.3 is 10.0 Å². The van der Waals surface area contributed by atoms with E-state index < -0.39 is 5.72 Å². The standard InChI is InChI=1S/C22H27NO2/c1-2-3-4-5-11-16-23-21(24)19-14-9-10-15-20(19)22(23,25)17-18-12-7-6-8-13-18/h6-10,12-15,25H,2-5,11,16-17H2,1H3. The van der Waals surface area contributed by atoms with Crippen LogP contribution < -0.4 is 0 Å². The van der Waals surface area contributed by atoms with E-state index in [1.807, 2.05) is 54.6 Å². The SMILES string of the molecule is CCCCCCCN1C(=O)c2ccccc2C1(O)Cc1ccccc1. The summed E-state index contributed by atoms with van der Waals surface area (Å²) >= 11 is 0. The maximum Gasteiger partial charge on any atom is 0.256 e. The highest BCUT2D eigenvalue weighted by atomic mass is 16.3. The number of fused-ring (bicyclic) bond motifs is 1. The van der Waals surface area contributed by atoms with Crippen LogP contribution >= 0.6 is 0 Å². The number of hydrogen-bond acceptors (Lipinski definition) is 2. The second-order valence-corrected chi connectivity index (χ2v) is 6.90. The van der Waals surface area contributed by atoms with E-state index in [2.05, 4.69) is 6.92 Å². The minimum absolute atomic E-state index is 0.0514. The molecule has 0 saturated heterocycles. The number of hydrogen-bond donors (Lipinski definition) is 1. The molecule has 2 aromatic rings. The number of carbonyl (C=O) groups is 1. The van der Waals surface area contributed by atoms with Crippen molar-refractivity contribution in [3.8, 4) is 0 Å². The molecule has 1 atom stereocenters. The molecule has 1 amide bonds. The summed E-state index contributed by atoms with van der Waals surface area (Å²) in [4.78, 5) is 14.6. The largest absolute Gasteiger partial charge is 0.366 e. The third-order valence-electron chi connectivity index (χ3n) is 5.06. The van der Waals surface area contributed by atoms with Gasteiger partial charge in [0.15, 0.2) is 5.72 Å². The summed E-state index contributed by atoms with van der Waals surface area (Å²) in [7, 11) is 0. The van der Waals surface area contributed by atoms with Crippen molar-refractivity contribution in [2.75, 3.05) is 6.54 Å². The highest BCUT2D eigenvalue weighted by Gasteiger charge is 2.47. The van der Waals surface area contributed by atoms with Crippen molar-refractivity contribution < 1.29 is 9.90 Å². The lowest BCUT2D eigenvalue weighted by molar-refractivity contribution is -0.0841. The molecule has 3 nitrogen and oxygen atoms in total. The zero-order valence-corrected chi connectivity index (χ0v) is 14.9. The van der Waals surface area contributed by atoms with Crippen LogP contribution in [0.3, 0.4) is 0 Å². The van der Waals surface area contributed by atoms with Crippen molar-refractivity contribution in [2.45, 2.75) is 51.2 Å². The van der Waals surface area contributed by atoms with Gasteiger partial charge in [0.2, 0.25) is 0 Å². The summed E-state index contributed by atoms with van der Waals surface area (Å²) in [5.74, 6) is -0.0514. The van der Waals surface area contributed by atoms with Gasteiger partial charge in [0.1, 0.15) is 0 Å². The average Bonchev–Trinajstić information content (AvgIpc) is 2.84. The lowest BCUT2D eigenvalue weighted by atomic mass is 9.94. The van der Waals surface area contributed by atoms with Crippen LogP contribution in [-0.4, -0.2) is 22.5 Å². The van der Waals surface area contributed by atoms with Crippen LogP contribution in [-0.2, 0) is 12.1 Å². The molecule has 2 aromatic carbocycles. The van der Waals surface area contributed by atoms with Gasteiger partial charge in [-0.1, -0.05) is 81.1 Å². The third-order valence-corrected chi connectivity index (χ3v) is 5.06. The van der Waals surface area contributed by atoms with Crippen molar-refractivity contribution in [1.82, 2.24) is 4.90 Å². The van der Waals surface area contributed by atoms with Crippen LogP contribution in [0.15, 0.2) is 54.6 Å². The number of benzene rings is 2. The Hall–Kier alpha value is -2.13. The summed E-state index contributed by atoms with van der Waals surface area (Å²) in [5.41, 5.74) is 1.15. The molecule has 0 bridgehead atoms. The number of carbonyl (C=O) groups excluding carboxylic acids is 1. The van der Waals surface area contributed by atoms with Crippen molar-refractivity contribution >= 4 is 5.91 Å². The van der Waals surface area contributed by atoms with Gasteiger partial charge in [-0.3, -0.25) is 4.79 Å². The van der Waals surface area contributed by atoms with Gasteiger partial charge >= 0.3 is 0 Å². The van der Waals surface area contributed by atoms with Crippen molar-refractivity contribution in [3.05, 3.63) is 71.3 Å². The lowest BCUT2D eigenvalue weighted by Gasteiger charge is -2.34. The topological polar surface area (TPSA) is 40.5 Å². The fourth-order valence-corrected chi connectivity index (χ4v) is 3.71. The Bertz CT molecular complexity index is 713. The van der Waals surface area contributed by atoms with E-state index in [-0.39, 0.29) is 5.91 Å². The summed E-state index contributed by atoms with van der Waals surface area (Å²) in [6.45, 7) is 2.79. The summed E-state index contributed by atoms with van der Waals surface area (Å²) in [6, 6.07) is 17.4. The Balaban J connectivity index is 1.83. The molecule has 1 heterocycles. The predicted molar refractivity (Wildman–Crippen MR) is 100 cm³/mol. The van der Waals surface area contributed by atoms with Gasteiger partial charge in [-0.25, -0.2) is 0 Å². The maximum absolute atomic E-state index is 12.9. The molecule has 0 radical (unpaired) electrons. The van der Waals surface area contributed by atoms with Crippen LogP contribution in [0.2, 0.25) is 0 Å². The highest BCUT2D eigenvalue weighted by Crippen LogP contribution is 2.39. The van der Waals surface area contributed by atoms with E-state index in [1.54, 1.807) is 4.90 Å². The van der Waals surface area contributed by atoms with Crippen molar-refractivity contribution in [1.29, 1.82) is 0 Å². The number of rotatable bonds is 8. The molecule has 3 rings (SSSR count). The van der Waals surface area contributed by atoms with Gasteiger partial charge in [-0.05, 0) is 18.1 Å². The lowest BCUT2D eigenvalue weighted by Crippen LogP contribution is -2.46. The van der Waals surface area contributed by atoms with Crippen LogP contribution in [0.1, 0.15) is 60.5 Å². The second kappa shape index (κ2) is 7.83. The third kappa shape index (κ3) is 3.62. The summed E-state index contributed by atoms with van der Waals surface area (Å²) in [6.07, 6.45) is 6.05. The van der Waals surface area contributed by atoms with Crippen molar-refractivity contribution in [2.24, 2.45) is 0 Å². The quantitative estimate of drug-likeness (QED) is 0.721. The summed E-state index contributed by atoms with van der Waals surface area (Å²) < 4.78 is 0. The van der Waals surface area contributed by atoms with E-state index in [0.717, 1.165) is 24.0 Å². The van der Waals surface area contributed by atoms with Crippen LogP contribution in [0.25, 0.3) is 0 Å². The zero-order valence-electron chi connectivity index (χ0n) is 14.9. The Morgan fingerprint density at radius 1 is 0.920 bits per heavy atom. The molecule has 0 spiro atoms. The normalized spacial score (nSPS) is 19.3. The number of aliphatic hydroxyl groups is 1.